The van der Waals surface area contributed by atoms with Gasteiger partial charge >= 0.3 is 5.97 Å². The molecule has 70 heavy (non-hydrogen) atoms. The van der Waals surface area contributed by atoms with Crippen LogP contribution in [0.3, 0.4) is 0 Å². The Morgan fingerprint density at radius 3 is 1.14 bits per heavy atom. The molecule has 0 aromatic heterocycles. The van der Waals surface area contributed by atoms with Crippen LogP contribution in [-0.2, 0) is 14.3 Å². The van der Waals surface area contributed by atoms with Gasteiger partial charge in [0, 0.05) is 6.42 Å². The second kappa shape index (κ2) is 57.7. The van der Waals surface area contributed by atoms with Crippen LogP contribution in [-0.4, -0.2) is 46.9 Å². The Balaban J connectivity index is 4.58. The van der Waals surface area contributed by atoms with Crippen molar-refractivity contribution in [3.63, 3.8) is 0 Å². The van der Waals surface area contributed by atoms with Gasteiger partial charge in [-0.05, 0) is 77.0 Å². The molecule has 0 heterocycles. The van der Waals surface area contributed by atoms with Gasteiger partial charge in [0.15, 0.2) is 0 Å². The maximum absolute atomic E-state index is 13.3. The van der Waals surface area contributed by atoms with E-state index < -0.39 is 18.2 Å². The van der Waals surface area contributed by atoms with Gasteiger partial charge in [0.05, 0.1) is 25.2 Å². The van der Waals surface area contributed by atoms with Crippen LogP contribution >= 0.6 is 0 Å². The van der Waals surface area contributed by atoms with E-state index in [0.717, 1.165) is 77.0 Å². The van der Waals surface area contributed by atoms with Gasteiger partial charge in [-0.15, -0.1) is 0 Å². The summed E-state index contributed by atoms with van der Waals surface area (Å²) in [6.07, 6.45) is 71.8. The fourth-order valence-electron chi connectivity index (χ4n) is 9.49. The highest BCUT2D eigenvalue weighted by Crippen LogP contribution is 2.18. The molecule has 6 heteroatoms. The third-order valence-electron chi connectivity index (χ3n) is 14.2. The van der Waals surface area contributed by atoms with Gasteiger partial charge in [-0.25, -0.2) is 0 Å². The molecule has 0 spiro atoms. The zero-order chi connectivity index (χ0) is 50.9. The third kappa shape index (κ3) is 52.2. The van der Waals surface area contributed by atoms with Gasteiger partial charge in [0.2, 0.25) is 5.91 Å². The Morgan fingerprint density at radius 2 is 0.743 bits per heavy atom. The van der Waals surface area contributed by atoms with Gasteiger partial charge in [-0.3, -0.25) is 9.59 Å². The van der Waals surface area contributed by atoms with Crippen LogP contribution in [0.25, 0.3) is 0 Å². The van der Waals surface area contributed by atoms with Gasteiger partial charge in [0.25, 0.3) is 0 Å². The van der Waals surface area contributed by atoms with Crippen LogP contribution in [0.15, 0.2) is 48.6 Å². The van der Waals surface area contributed by atoms with Crippen molar-refractivity contribution >= 4 is 11.9 Å². The van der Waals surface area contributed by atoms with E-state index in [2.05, 4.69) is 74.7 Å². The van der Waals surface area contributed by atoms with Crippen LogP contribution in [0.2, 0.25) is 0 Å². The SMILES string of the molecule is CCCCCCC/C=C/C=C/C=C/CCCCCC(CC(=O)NC(CO)C(O)CCCCCCCCCCCCCCCCCCC)OC(=O)CCCCCCC/C=C/CCCCCCCCCCC. The minimum absolute atomic E-state index is 0.0533. The maximum Gasteiger partial charge on any atom is 0.306 e. The van der Waals surface area contributed by atoms with E-state index in [1.54, 1.807) is 0 Å². The predicted molar refractivity (Wildman–Crippen MR) is 305 cm³/mol. The zero-order valence-corrected chi connectivity index (χ0v) is 46.9. The fraction of sp³-hybridized carbons (Fsp3) is 0.844. The molecule has 0 bridgehead atoms. The molecule has 3 atom stereocenters. The average Bonchev–Trinajstić information content (AvgIpc) is 3.35. The van der Waals surface area contributed by atoms with Crippen molar-refractivity contribution in [2.24, 2.45) is 0 Å². The number of esters is 1. The van der Waals surface area contributed by atoms with E-state index in [0.29, 0.717) is 19.3 Å². The number of allylic oxidation sites excluding steroid dienone is 8. The summed E-state index contributed by atoms with van der Waals surface area (Å²) in [7, 11) is 0. The maximum atomic E-state index is 13.3. The van der Waals surface area contributed by atoms with Crippen LogP contribution in [0.4, 0.5) is 0 Å². The number of hydrogen-bond acceptors (Lipinski definition) is 5. The molecule has 410 valence electrons. The molecule has 0 rings (SSSR count). The molecule has 0 aliphatic carbocycles. The average molecular weight is 983 g/mol. The van der Waals surface area contributed by atoms with Gasteiger partial charge in [0.1, 0.15) is 6.10 Å². The van der Waals surface area contributed by atoms with Crippen LogP contribution < -0.4 is 5.32 Å². The molecule has 0 saturated heterocycles. The van der Waals surface area contributed by atoms with E-state index in [-0.39, 0.29) is 24.9 Å². The molecule has 0 aliphatic heterocycles. The van der Waals surface area contributed by atoms with Crippen molar-refractivity contribution in [2.75, 3.05) is 6.61 Å². The van der Waals surface area contributed by atoms with Gasteiger partial charge < -0.3 is 20.3 Å². The van der Waals surface area contributed by atoms with E-state index in [1.165, 1.54) is 199 Å². The number of aliphatic hydroxyl groups is 2. The normalized spacial score (nSPS) is 13.4. The van der Waals surface area contributed by atoms with Crippen LogP contribution in [0, 0.1) is 0 Å². The lowest BCUT2D eigenvalue weighted by atomic mass is 10.0. The summed E-state index contributed by atoms with van der Waals surface area (Å²) < 4.78 is 5.96. The smallest absolute Gasteiger partial charge is 0.306 e. The molecular weight excluding hydrogens is 863 g/mol. The number of unbranched alkanes of at least 4 members (excludes halogenated alkanes) is 38. The summed E-state index contributed by atoms with van der Waals surface area (Å²) in [6, 6.07) is -0.716. The van der Waals surface area contributed by atoms with Crippen molar-refractivity contribution in [2.45, 2.75) is 341 Å². The van der Waals surface area contributed by atoms with E-state index in [9.17, 15) is 19.8 Å². The topological polar surface area (TPSA) is 95.9 Å². The lowest BCUT2D eigenvalue weighted by molar-refractivity contribution is -0.151. The monoisotopic (exact) mass is 982 g/mol. The number of ether oxygens (including phenoxy) is 1. The highest BCUT2D eigenvalue weighted by atomic mass is 16.5. The highest BCUT2D eigenvalue weighted by Gasteiger charge is 2.24. The lowest BCUT2D eigenvalue weighted by Gasteiger charge is -2.24. The second-order valence-electron chi connectivity index (χ2n) is 21.2. The molecule has 0 aliphatic rings. The Labute approximate surface area is 436 Å². The van der Waals surface area contributed by atoms with Crippen LogP contribution in [0.1, 0.15) is 323 Å². The first-order valence-corrected chi connectivity index (χ1v) is 30.9. The summed E-state index contributed by atoms with van der Waals surface area (Å²) in [4.78, 5) is 26.3. The van der Waals surface area contributed by atoms with Crippen molar-refractivity contribution in [3.05, 3.63) is 48.6 Å². The predicted octanol–water partition coefficient (Wildman–Crippen LogP) is 19.4. The number of nitrogens with one attached hydrogen (secondary N) is 1. The van der Waals surface area contributed by atoms with E-state index in [1.807, 2.05) is 0 Å². The first-order chi connectivity index (χ1) is 34.5. The van der Waals surface area contributed by atoms with Crippen molar-refractivity contribution < 1.29 is 24.5 Å². The summed E-state index contributed by atoms with van der Waals surface area (Å²) in [5, 5.41) is 23.9. The van der Waals surface area contributed by atoms with E-state index in [4.69, 9.17) is 4.74 Å². The highest BCUT2D eigenvalue weighted by molar-refractivity contribution is 5.77. The number of amides is 1. The number of carbonyl (C=O) groups is 2. The molecule has 0 radical (unpaired) electrons. The largest absolute Gasteiger partial charge is 0.462 e. The Bertz CT molecular complexity index is 1190. The Hall–Kier alpha value is -2.18. The quantitative estimate of drug-likeness (QED) is 0.0244. The van der Waals surface area contributed by atoms with Crippen molar-refractivity contribution in [3.8, 4) is 0 Å². The second-order valence-corrected chi connectivity index (χ2v) is 21.2. The summed E-state index contributed by atoms with van der Waals surface area (Å²) in [6.45, 7) is 6.50. The first kappa shape index (κ1) is 67.8. The standard InChI is InChI=1S/C64H119NO5/c1-4-7-10-13-16-19-22-25-28-31-33-36-39-42-45-48-51-54-57-64(69)70-60(55-52-49-46-43-40-37-34-30-27-24-21-18-15-12-9-6-3)58-63(68)65-61(59-66)62(67)56-53-50-47-44-41-38-35-32-29-26-23-20-17-14-11-8-5-2/h24,27,30,33-34,36-37,40,60-62,66-67H,4-23,25-26,28-29,31-32,35,38-39,41-59H2,1-3H3,(H,65,68)/b27-24+,34-30+,36-33+,40-37+. The third-order valence-corrected chi connectivity index (χ3v) is 14.2. The van der Waals surface area contributed by atoms with Gasteiger partial charge in [-0.2, -0.15) is 0 Å². The molecule has 0 aromatic carbocycles. The number of hydrogen-bond donors (Lipinski definition) is 3. The molecule has 0 fully saturated rings. The van der Waals surface area contributed by atoms with Crippen molar-refractivity contribution in [1.82, 2.24) is 5.32 Å². The molecule has 6 nitrogen and oxygen atoms in total. The van der Waals surface area contributed by atoms with Crippen molar-refractivity contribution in [1.29, 1.82) is 0 Å². The fourth-order valence-corrected chi connectivity index (χ4v) is 9.49. The lowest BCUT2D eigenvalue weighted by Crippen LogP contribution is -2.46. The minimum Gasteiger partial charge on any atom is -0.462 e. The van der Waals surface area contributed by atoms with E-state index >= 15 is 0 Å². The Kier molecular flexibility index (Phi) is 55.9. The minimum atomic E-state index is -0.800. The summed E-state index contributed by atoms with van der Waals surface area (Å²) >= 11 is 0. The number of carbonyl (C=O) groups excluding carboxylic acids is 2. The number of rotatable bonds is 56. The zero-order valence-electron chi connectivity index (χ0n) is 46.9. The molecular formula is C64H119NO5. The Morgan fingerprint density at radius 1 is 0.414 bits per heavy atom. The molecule has 3 N–H and O–H groups in total. The van der Waals surface area contributed by atoms with Crippen LogP contribution in [0.5, 0.6) is 0 Å². The first-order valence-electron chi connectivity index (χ1n) is 30.9. The molecule has 1 amide bonds. The summed E-state index contributed by atoms with van der Waals surface area (Å²) in [5.41, 5.74) is 0. The summed E-state index contributed by atoms with van der Waals surface area (Å²) in [5.74, 6) is -0.504. The number of aliphatic hydroxyl groups excluding tert-OH is 2. The molecule has 0 saturated carbocycles. The molecule has 0 aromatic rings. The van der Waals surface area contributed by atoms with Gasteiger partial charge in [-0.1, -0.05) is 281 Å². The molecule has 3 unspecified atom stereocenters.